The number of anilines is 1. The summed E-state index contributed by atoms with van der Waals surface area (Å²) in [5.41, 5.74) is 2.82. The van der Waals surface area contributed by atoms with Gasteiger partial charge < -0.3 is 10.6 Å². The highest BCUT2D eigenvalue weighted by atomic mass is 35.5. The van der Waals surface area contributed by atoms with Crippen LogP contribution in [0.4, 0.5) is 5.95 Å². The summed E-state index contributed by atoms with van der Waals surface area (Å²) in [6.45, 7) is 0.909. The summed E-state index contributed by atoms with van der Waals surface area (Å²) in [6, 6.07) is 20.4. The monoisotopic (exact) mass is 418 g/mol. The Morgan fingerprint density at radius 3 is 2.40 bits per heavy atom. The van der Waals surface area contributed by atoms with Crippen LogP contribution in [0.15, 0.2) is 79.1 Å². The predicted molar refractivity (Wildman–Crippen MR) is 117 cm³/mol. The molecule has 2 N–H and O–H groups in total. The molecule has 0 saturated heterocycles. The molecule has 0 aliphatic rings. The molecule has 0 spiro atoms. The first-order valence-electron chi connectivity index (χ1n) is 9.41. The van der Waals surface area contributed by atoms with Gasteiger partial charge in [0.2, 0.25) is 5.95 Å². The van der Waals surface area contributed by atoms with Gasteiger partial charge in [-0.05, 0) is 36.4 Å². The van der Waals surface area contributed by atoms with Crippen molar-refractivity contribution in [3.63, 3.8) is 0 Å². The molecule has 4 rings (SSSR count). The average Bonchev–Trinajstić information content (AvgIpc) is 3.24. The number of halogens is 1. The molecule has 8 heteroatoms. The molecule has 2 aromatic heterocycles. The van der Waals surface area contributed by atoms with Gasteiger partial charge in [0.25, 0.3) is 5.91 Å². The Morgan fingerprint density at radius 2 is 1.67 bits per heavy atom. The maximum atomic E-state index is 12.9. The van der Waals surface area contributed by atoms with Crippen molar-refractivity contribution in [2.75, 3.05) is 18.4 Å². The van der Waals surface area contributed by atoms with Gasteiger partial charge in [-0.3, -0.25) is 4.79 Å². The van der Waals surface area contributed by atoms with Gasteiger partial charge in [-0.2, -0.15) is 5.10 Å². The van der Waals surface area contributed by atoms with Crippen molar-refractivity contribution >= 4 is 23.5 Å². The van der Waals surface area contributed by atoms with E-state index < -0.39 is 0 Å². The van der Waals surface area contributed by atoms with Gasteiger partial charge in [-0.25, -0.2) is 14.6 Å². The molecule has 0 atom stereocenters. The molecule has 0 saturated carbocycles. The van der Waals surface area contributed by atoms with Crippen LogP contribution in [0.5, 0.6) is 0 Å². The van der Waals surface area contributed by atoms with E-state index in [4.69, 9.17) is 11.6 Å². The maximum absolute atomic E-state index is 12.9. The SMILES string of the molecule is O=C(NCCNc1ncccn1)c1cc(-c2ccc(Cl)cc2)nn1-c1ccccc1. The lowest BCUT2D eigenvalue weighted by Crippen LogP contribution is -2.30. The van der Waals surface area contributed by atoms with Crippen molar-refractivity contribution in [1.29, 1.82) is 0 Å². The van der Waals surface area contributed by atoms with Crippen molar-refractivity contribution in [1.82, 2.24) is 25.1 Å². The van der Waals surface area contributed by atoms with Crippen LogP contribution in [0.2, 0.25) is 5.02 Å². The number of hydrogen-bond acceptors (Lipinski definition) is 5. The molecule has 1 amide bonds. The Hall–Kier alpha value is -3.71. The second-order valence-electron chi connectivity index (χ2n) is 6.42. The van der Waals surface area contributed by atoms with Gasteiger partial charge in [-0.1, -0.05) is 41.9 Å². The van der Waals surface area contributed by atoms with Crippen LogP contribution in [-0.4, -0.2) is 38.7 Å². The van der Waals surface area contributed by atoms with E-state index in [0.29, 0.717) is 35.4 Å². The van der Waals surface area contributed by atoms with E-state index in [-0.39, 0.29) is 5.91 Å². The van der Waals surface area contributed by atoms with Crippen molar-refractivity contribution in [3.05, 3.63) is 89.8 Å². The predicted octanol–water partition coefficient (Wildman–Crippen LogP) is 3.82. The number of amides is 1. The Labute approximate surface area is 178 Å². The summed E-state index contributed by atoms with van der Waals surface area (Å²) in [6.07, 6.45) is 3.31. The lowest BCUT2D eigenvalue weighted by atomic mass is 10.1. The van der Waals surface area contributed by atoms with Crippen molar-refractivity contribution in [3.8, 4) is 16.9 Å². The average molecular weight is 419 g/mol. The van der Waals surface area contributed by atoms with E-state index in [2.05, 4.69) is 25.7 Å². The molecule has 150 valence electrons. The molecule has 0 aliphatic heterocycles. The van der Waals surface area contributed by atoms with Gasteiger partial charge in [0.05, 0.1) is 11.4 Å². The van der Waals surface area contributed by atoms with Gasteiger partial charge >= 0.3 is 0 Å². The van der Waals surface area contributed by atoms with Crippen LogP contribution in [-0.2, 0) is 0 Å². The van der Waals surface area contributed by atoms with Crippen molar-refractivity contribution < 1.29 is 4.79 Å². The molecule has 0 fully saturated rings. The van der Waals surface area contributed by atoms with E-state index in [0.717, 1.165) is 11.3 Å². The normalized spacial score (nSPS) is 10.6. The largest absolute Gasteiger partial charge is 0.352 e. The van der Waals surface area contributed by atoms with Crippen molar-refractivity contribution in [2.24, 2.45) is 0 Å². The van der Waals surface area contributed by atoms with Gasteiger partial charge in [-0.15, -0.1) is 0 Å². The number of nitrogens with one attached hydrogen (secondary N) is 2. The van der Waals surface area contributed by atoms with E-state index in [1.165, 1.54) is 0 Å². The molecule has 7 nitrogen and oxygen atoms in total. The Balaban J connectivity index is 1.53. The molecule has 2 aromatic carbocycles. The fourth-order valence-corrected chi connectivity index (χ4v) is 3.03. The minimum atomic E-state index is -0.220. The first-order chi connectivity index (χ1) is 14.7. The minimum absolute atomic E-state index is 0.220. The summed E-state index contributed by atoms with van der Waals surface area (Å²) in [5, 5.41) is 11.3. The van der Waals surface area contributed by atoms with E-state index in [1.54, 1.807) is 41.3 Å². The zero-order valence-corrected chi connectivity index (χ0v) is 16.8. The number of hydrogen-bond donors (Lipinski definition) is 2. The summed E-state index contributed by atoms with van der Waals surface area (Å²) < 4.78 is 1.65. The highest BCUT2D eigenvalue weighted by Gasteiger charge is 2.17. The summed E-state index contributed by atoms with van der Waals surface area (Å²) in [5.74, 6) is 0.299. The van der Waals surface area contributed by atoms with Crippen LogP contribution >= 0.6 is 11.6 Å². The molecule has 2 heterocycles. The van der Waals surface area contributed by atoms with Gasteiger partial charge in [0.15, 0.2) is 0 Å². The van der Waals surface area contributed by atoms with E-state index >= 15 is 0 Å². The molecule has 4 aromatic rings. The lowest BCUT2D eigenvalue weighted by Gasteiger charge is -2.09. The van der Waals surface area contributed by atoms with Gasteiger partial charge in [0, 0.05) is 36.1 Å². The molecular formula is C22H19ClN6O. The Morgan fingerprint density at radius 1 is 0.933 bits per heavy atom. The number of para-hydroxylation sites is 1. The second kappa shape index (κ2) is 9.19. The molecule has 30 heavy (non-hydrogen) atoms. The first kappa shape index (κ1) is 19.6. The summed E-state index contributed by atoms with van der Waals surface area (Å²) in [7, 11) is 0. The lowest BCUT2D eigenvalue weighted by molar-refractivity contribution is 0.0947. The third-order valence-electron chi connectivity index (χ3n) is 4.34. The third-order valence-corrected chi connectivity index (χ3v) is 4.59. The minimum Gasteiger partial charge on any atom is -0.352 e. The summed E-state index contributed by atoms with van der Waals surface area (Å²) >= 11 is 5.99. The fourth-order valence-electron chi connectivity index (χ4n) is 2.90. The molecule has 0 aliphatic carbocycles. The van der Waals surface area contributed by atoms with Crippen molar-refractivity contribution in [2.45, 2.75) is 0 Å². The fraction of sp³-hybridized carbons (Fsp3) is 0.0909. The number of benzene rings is 2. The topological polar surface area (TPSA) is 84.7 Å². The highest BCUT2D eigenvalue weighted by molar-refractivity contribution is 6.30. The maximum Gasteiger partial charge on any atom is 0.270 e. The number of aromatic nitrogens is 4. The summed E-state index contributed by atoms with van der Waals surface area (Å²) in [4.78, 5) is 21.1. The van der Waals surface area contributed by atoms with Crippen LogP contribution in [0.1, 0.15) is 10.5 Å². The number of carbonyl (C=O) groups excluding carboxylic acids is 1. The second-order valence-corrected chi connectivity index (χ2v) is 6.86. The molecule has 0 bridgehead atoms. The first-order valence-corrected chi connectivity index (χ1v) is 9.79. The van der Waals surface area contributed by atoms with Crippen LogP contribution in [0.3, 0.4) is 0 Å². The molecule has 0 radical (unpaired) electrons. The zero-order valence-electron chi connectivity index (χ0n) is 16.0. The number of rotatable bonds is 7. The quantitative estimate of drug-likeness (QED) is 0.445. The molecule has 0 unspecified atom stereocenters. The standard InChI is InChI=1S/C22H19ClN6O/c23-17-9-7-16(8-10-17)19-15-20(29(28-19)18-5-2-1-3-6-18)21(30)24-13-14-27-22-25-11-4-12-26-22/h1-12,15H,13-14H2,(H,24,30)(H,25,26,27). The Kier molecular flexibility index (Phi) is 6.01. The number of nitrogens with zero attached hydrogens (tertiary/aromatic N) is 4. The van der Waals surface area contributed by atoms with E-state index in [1.807, 2.05) is 42.5 Å². The third kappa shape index (κ3) is 4.64. The van der Waals surface area contributed by atoms with Crippen LogP contribution in [0.25, 0.3) is 16.9 Å². The zero-order chi connectivity index (χ0) is 20.8. The highest BCUT2D eigenvalue weighted by Crippen LogP contribution is 2.23. The van der Waals surface area contributed by atoms with E-state index in [9.17, 15) is 4.79 Å². The van der Waals surface area contributed by atoms with Gasteiger partial charge in [0.1, 0.15) is 5.69 Å². The smallest absolute Gasteiger partial charge is 0.270 e. The Bertz CT molecular complexity index is 1110. The van der Waals surface area contributed by atoms with Crippen LogP contribution < -0.4 is 10.6 Å². The number of carbonyl (C=O) groups is 1. The van der Waals surface area contributed by atoms with Crippen LogP contribution in [0, 0.1) is 0 Å². The molecular weight excluding hydrogens is 400 g/mol.